The van der Waals surface area contributed by atoms with Gasteiger partial charge in [0.05, 0.1) is 12.7 Å². The lowest BCUT2D eigenvalue weighted by Crippen LogP contribution is -2.30. The van der Waals surface area contributed by atoms with Gasteiger partial charge in [0.2, 0.25) is 6.29 Å². The molecule has 0 aromatic heterocycles. The third kappa shape index (κ3) is 1.60. The third-order valence-corrected chi connectivity index (χ3v) is 4.46. The first-order valence-electron chi connectivity index (χ1n) is 6.27. The van der Waals surface area contributed by atoms with Gasteiger partial charge in [-0.3, -0.25) is 9.59 Å². The van der Waals surface area contributed by atoms with Crippen LogP contribution in [0.3, 0.4) is 0 Å². The van der Waals surface area contributed by atoms with Crippen LogP contribution in [0.4, 0.5) is 0 Å². The van der Waals surface area contributed by atoms with Gasteiger partial charge in [0, 0.05) is 28.3 Å². The van der Waals surface area contributed by atoms with Crippen molar-refractivity contribution in [2.24, 2.45) is 17.8 Å². The molecule has 1 aliphatic carbocycles. The normalized spacial score (nSPS) is 39.0. The van der Waals surface area contributed by atoms with Crippen LogP contribution >= 0.6 is 11.6 Å². The molecule has 0 radical (unpaired) electrons. The first-order valence-corrected chi connectivity index (χ1v) is 6.65. The van der Waals surface area contributed by atoms with E-state index in [0.29, 0.717) is 17.2 Å². The Balaban J connectivity index is 1.60. The summed E-state index contributed by atoms with van der Waals surface area (Å²) in [6.07, 6.45) is -0.844. The molecule has 1 saturated carbocycles. The summed E-state index contributed by atoms with van der Waals surface area (Å²) in [5, 5.41) is 0.594. The van der Waals surface area contributed by atoms with E-state index >= 15 is 0 Å². The maximum atomic E-state index is 12.4. The van der Waals surface area contributed by atoms with Crippen LogP contribution in [-0.4, -0.2) is 30.6 Å². The lowest BCUT2D eigenvalue weighted by Gasteiger charge is -2.14. The molecule has 5 heteroatoms. The van der Waals surface area contributed by atoms with Gasteiger partial charge in [-0.2, -0.15) is 0 Å². The van der Waals surface area contributed by atoms with Gasteiger partial charge in [-0.1, -0.05) is 11.6 Å². The van der Waals surface area contributed by atoms with E-state index in [-0.39, 0.29) is 35.4 Å². The van der Waals surface area contributed by atoms with E-state index < -0.39 is 6.29 Å². The van der Waals surface area contributed by atoms with Crippen LogP contribution in [0.5, 0.6) is 0 Å². The molecule has 1 aromatic rings. The molecular weight excluding hydrogens is 268 g/mol. The van der Waals surface area contributed by atoms with Crippen molar-refractivity contribution in [2.75, 3.05) is 6.61 Å². The van der Waals surface area contributed by atoms with E-state index in [4.69, 9.17) is 21.1 Å². The monoisotopic (exact) mass is 278 g/mol. The molecule has 98 valence electrons. The summed E-state index contributed by atoms with van der Waals surface area (Å²) in [7, 11) is 0. The van der Waals surface area contributed by atoms with Gasteiger partial charge in [0.1, 0.15) is 0 Å². The quantitative estimate of drug-likeness (QED) is 0.773. The molecule has 5 atom stereocenters. The summed E-state index contributed by atoms with van der Waals surface area (Å²) in [6, 6.07) is 6.78. The van der Waals surface area contributed by atoms with Gasteiger partial charge in [0.25, 0.3) is 0 Å². The fraction of sp³-hybridized carbons (Fsp3) is 0.429. The predicted octanol–water partition coefficient (Wildman–Crippen LogP) is 1.71. The Kier molecular flexibility index (Phi) is 2.37. The highest BCUT2D eigenvalue weighted by Gasteiger charge is 2.68. The molecule has 19 heavy (non-hydrogen) atoms. The molecule has 0 amide bonds. The fourth-order valence-corrected chi connectivity index (χ4v) is 3.36. The SMILES string of the molecule is O=C(c1ccc(Cl)cc1)[C@@H]1[C@@H]2C(=O)[C@@H]3OC[C@H](O3)[C@H]12. The first-order chi connectivity index (χ1) is 9.16. The summed E-state index contributed by atoms with van der Waals surface area (Å²) >= 11 is 5.81. The molecule has 2 heterocycles. The van der Waals surface area contributed by atoms with Crippen molar-refractivity contribution in [3.05, 3.63) is 34.9 Å². The minimum atomic E-state index is -0.741. The Morgan fingerprint density at radius 2 is 2.00 bits per heavy atom. The van der Waals surface area contributed by atoms with Gasteiger partial charge in [-0.25, -0.2) is 0 Å². The van der Waals surface area contributed by atoms with Crippen LogP contribution in [0.25, 0.3) is 0 Å². The highest BCUT2D eigenvalue weighted by Crippen LogP contribution is 2.57. The molecule has 4 rings (SSSR count). The van der Waals surface area contributed by atoms with E-state index in [1.807, 2.05) is 0 Å². The zero-order valence-electron chi connectivity index (χ0n) is 9.91. The smallest absolute Gasteiger partial charge is 0.218 e. The Hall–Kier alpha value is -1.23. The number of ether oxygens (including phenoxy) is 2. The largest absolute Gasteiger partial charge is 0.343 e. The highest BCUT2D eigenvalue weighted by molar-refractivity contribution is 6.30. The molecule has 2 aliphatic heterocycles. The Morgan fingerprint density at radius 3 is 2.74 bits per heavy atom. The molecule has 3 aliphatic rings. The van der Waals surface area contributed by atoms with Crippen molar-refractivity contribution in [3.8, 4) is 0 Å². The van der Waals surface area contributed by atoms with Crippen molar-refractivity contribution >= 4 is 23.2 Å². The zero-order chi connectivity index (χ0) is 13.1. The molecule has 3 fully saturated rings. The molecule has 4 nitrogen and oxygen atoms in total. The van der Waals surface area contributed by atoms with E-state index in [1.165, 1.54) is 0 Å². The van der Waals surface area contributed by atoms with Crippen LogP contribution in [0.2, 0.25) is 5.02 Å². The van der Waals surface area contributed by atoms with Crippen LogP contribution in [0, 0.1) is 17.8 Å². The number of hydrogen-bond donors (Lipinski definition) is 0. The zero-order valence-corrected chi connectivity index (χ0v) is 10.7. The number of rotatable bonds is 2. The van der Waals surface area contributed by atoms with E-state index in [9.17, 15) is 9.59 Å². The number of carbonyl (C=O) groups excluding carboxylic acids is 2. The molecule has 0 N–H and O–H groups in total. The number of fused-ring (bicyclic) bond motifs is 4. The maximum absolute atomic E-state index is 12.4. The number of carbonyl (C=O) groups is 2. The van der Waals surface area contributed by atoms with Crippen molar-refractivity contribution in [1.82, 2.24) is 0 Å². The number of benzene rings is 1. The topological polar surface area (TPSA) is 52.6 Å². The van der Waals surface area contributed by atoms with Crippen LogP contribution in [-0.2, 0) is 14.3 Å². The minimum absolute atomic E-state index is 0.00516. The van der Waals surface area contributed by atoms with Crippen molar-refractivity contribution < 1.29 is 19.1 Å². The third-order valence-electron chi connectivity index (χ3n) is 4.21. The molecule has 0 unspecified atom stereocenters. The first kappa shape index (κ1) is 11.6. The number of ketones is 2. The molecule has 1 aromatic carbocycles. The second-order valence-corrected chi connectivity index (χ2v) is 5.68. The molecule has 2 saturated heterocycles. The van der Waals surface area contributed by atoms with Crippen LogP contribution < -0.4 is 0 Å². The molecule has 0 spiro atoms. The van der Waals surface area contributed by atoms with Crippen molar-refractivity contribution in [3.63, 3.8) is 0 Å². The minimum Gasteiger partial charge on any atom is -0.343 e. The standard InChI is InChI=1S/C14H11ClO4/c15-7-3-1-6(2-4-7)12(16)10-9-8-5-18-14(19-8)13(17)11(9)10/h1-4,8-11,14H,5H2/t8-,9+,10-,11+,14+/m0/s1. The fourth-order valence-electron chi connectivity index (χ4n) is 3.24. The number of hydrogen-bond acceptors (Lipinski definition) is 4. The average Bonchev–Trinajstić information content (AvgIpc) is 3.02. The average molecular weight is 279 g/mol. The van der Waals surface area contributed by atoms with Crippen molar-refractivity contribution in [2.45, 2.75) is 12.4 Å². The lowest BCUT2D eigenvalue weighted by atomic mass is 10.0. The van der Waals surface area contributed by atoms with Gasteiger partial charge in [-0.15, -0.1) is 0 Å². The van der Waals surface area contributed by atoms with Gasteiger partial charge >= 0.3 is 0 Å². The van der Waals surface area contributed by atoms with Crippen LogP contribution in [0.1, 0.15) is 10.4 Å². The summed E-state index contributed by atoms with van der Waals surface area (Å²) in [5.41, 5.74) is 0.605. The van der Waals surface area contributed by atoms with E-state index in [0.717, 1.165) is 0 Å². The van der Waals surface area contributed by atoms with Crippen molar-refractivity contribution in [1.29, 1.82) is 0 Å². The van der Waals surface area contributed by atoms with Gasteiger partial charge in [-0.05, 0) is 24.3 Å². The summed E-state index contributed by atoms with van der Waals surface area (Å²) in [6.45, 7) is 0.419. The summed E-state index contributed by atoms with van der Waals surface area (Å²) in [4.78, 5) is 24.4. The van der Waals surface area contributed by atoms with Crippen LogP contribution in [0.15, 0.2) is 24.3 Å². The Morgan fingerprint density at radius 1 is 1.26 bits per heavy atom. The summed E-state index contributed by atoms with van der Waals surface area (Å²) in [5.74, 6) is -0.529. The van der Waals surface area contributed by atoms with E-state index in [1.54, 1.807) is 24.3 Å². The summed E-state index contributed by atoms with van der Waals surface area (Å²) < 4.78 is 10.7. The predicted molar refractivity (Wildman–Crippen MR) is 65.9 cm³/mol. The second kappa shape index (κ2) is 3.88. The molecular formula is C14H11ClO4. The van der Waals surface area contributed by atoms with Gasteiger partial charge < -0.3 is 9.47 Å². The highest BCUT2D eigenvalue weighted by atomic mass is 35.5. The second-order valence-electron chi connectivity index (χ2n) is 5.24. The Bertz CT molecular complexity index is 567. The number of halogens is 1. The van der Waals surface area contributed by atoms with E-state index in [2.05, 4.69) is 0 Å². The Labute approximate surface area is 114 Å². The number of Topliss-reactive ketones (excluding diaryl/α,β-unsaturated/α-hetero) is 2. The molecule has 2 bridgehead atoms. The maximum Gasteiger partial charge on any atom is 0.218 e. The lowest BCUT2D eigenvalue weighted by molar-refractivity contribution is -0.153. The van der Waals surface area contributed by atoms with Gasteiger partial charge in [0.15, 0.2) is 11.6 Å².